The van der Waals surface area contributed by atoms with E-state index in [1.807, 2.05) is 81.4 Å². The number of carbonyl (C=O) groups is 2. The Bertz CT molecular complexity index is 898. The molecule has 0 bridgehead atoms. The molecule has 0 aliphatic heterocycles. The molecule has 0 heterocycles. The largest absolute Gasteiger partial charge is 0.445 e. The smallest absolute Gasteiger partial charge is 0.407 e. The van der Waals surface area contributed by atoms with Crippen LogP contribution in [0.15, 0.2) is 60.7 Å². The van der Waals surface area contributed by atoms with Crippen molar-refractivity contribution < 1.29 is 23.8 Å². The molecule has 184 valence electrons. The molecule has 1 saturated carbocycles. The quantitative estimate of drug-likeness (QED) is 0.538. The van der Waals surface area contributed by atoms with E-state index < -0.39 is 17.8 Å². The first kappa shape index (κ1) is 25.6. The fourth-order valence-corrected chi connectivity index (χ4v) is 4.16. The van der Waals surface area contributed by atoms with Gasteiger partial charge in [-0.1, -0.05) is 60.7 Å². The molecule has 2 aromatic carbocycles. The van der Waals surface area contributed by atoms with Crippen LogP contribution in [0.3, 0.4) is 0 Å². The minimum absolute atomic E-state index is 0.0575. The molecule has 2 amide bonds. The van der Waals surface area contributed by atoms with Crippen LogP contribution < -0.4 is 10.6 Å². The molecule has 1 fully saturated rings. The maximum Gasteiger partial charge on any atom is 0.407 e. The van der Waals surface area contributed by atoms with E-state index in [0.29, 0.717) is 19.8 Å². The number of rotatable bonds is 9. The van der Waals surface area contributed by atoms with Gasteiger partial charge >= 0.3 is 12.2 Å². The summed E-state index contributed by atoms with van der Waals surface area (Å²) in [4.78, 5) is 24.7. The first-order chi connectivity index (χ1) is 16.3. The van der Waals surface area contributed by atoms with E-state index in [2.05, 4.69) is 10.6 Å². The van der Waals surface area contributed by atoms with Gasteiger partial charge in [0.25, 0.3) is 0 Å². The lowest BCUT2D eigenvalue weighted by molar-refractivity contribution is 0.0511. The second-order valence-corrected chi connectivity index (χ2v) is 9.71. The molecule has 34 heavy (non-hydrogen) atoms. The molecule has 7 heteroatoms. The summed E-state index contributed by atoms with van der Waals surface area (Å²) in [5.41, 5.74) is 1.47. The average molecular weight is 469 g/mol. The molecule has 7 nitrogen and oxygen atoms in total. The Morgan fingerprint density at radius 1 is 0.853 bits per heavy atom. The SMILES string of the molecule is CC(C)(C)OC(=O)NC[C@H]1CC[C@@H](COCc2ccccc2)C1NC(=O)OCc1ccccc1. The first-order valence-electron chi connectivity index (χ1n) is 11.9. The van der Waals surface area contributed by atoms with Gasteiger partial charge in [0.15, 0.2) is 0 Å². The Balaban J connectivity index is 1.56. The van der Waals surface area contributed by atoms with E-state index in [4.69, 9.17) is 14.2 Å². The van der Waals surface area contributed by atoms with Crippen LogP contribution in [0.25, 0.3) is 0 Å². The zero-order valence-electron chi connectivity index (χ0n) is 20.3. The van der Waals surface area contributed by atoms with Gasteiger partial charge in [0, 0.05) is 18.5 Å². The highest BCUT2D eigenvalue weighted by Crippen LogP contribution is 2.32. The molecule has 1 aliphatic carbocycles. The maximum absolute atomic E-state index is 12.6. The van der Waals surface area contributed by atoms with Crippen molar-refractivity contribution in [2.45, 2.75) is 58.5 Å². The van der Waals surface area contributed by atoms with Crippen LogP contribution in [0.4, 0.5) is 9.59 Å². The lowest BCUT2D eigenvalue weighted by Crippen LogP contribution is -2.46. The third-order valence-corrected chi connectivity index (χ3v) is 5.77. The molecule has 0 spiro atoms. The Morgan fingerprint density at radius 3 is 2.06 bits per heavy atom. The molecule has 1 unspecified atom stereocenters. The van der Waals surface area contributed by atoms with Crippen molar-refractivity contribution in [3.63, 3.8) is 0 Å². The van der Waals surface area contributed by atoms with Crippen LogP contribution in [0.1, 0.15) is 44.7 Å². The van der Waals surface area contributed by atoms with Gasteiger partial charge in [-0.3, -0.25) is 0 Å². The van der Waals surface area contributed by atoms with E-state index in [1.54, 1.807) is 0 Å². The topological polar surface area (TPSA) is 85.9 Å². The van der Waals surface area contributed by atoms with Crippen LogP contribution in [0.5, 0.6) is 0 Å². The van der Waals surface area contributed by atoms with Crippen molar-refractivity contribution in [3.8, 4) is 0 Å². The van der Waals surface area contributed by atoms with Gasteiger partial charge in [-0.05, 0) is 50.7 Å². The average Bonchev–Trinajstić information content (AvgIpc) is 3.18. The van der Waals surface area contributed by atoms with E-state index >= 15 is 0 Å². The number of benzene rings is 2. The molecule has 2 aromatic rings. The Labute approximate surface area is 202 Å². The molecule has 0 saturated heterocycles. The minimum atomic E-state index is -0.563. The van der Waals surface area contributed by atoms with Gasteiger partial charge < -0.3 is 24.8 Å². The number of amides is 2. The van der Waals surface area contributed by atoms with Gasteiger partial charge in [-0.2, -0.15) is 0 Å². The predicted octanol–water partition coefficient (Wildman–Crippen LogP) is 5.05. The van der Waals surface area contributed by atoms with Gasteiger partial charge in [0.05, 0.1) is 13.2 Å². The van der Waals surface area contributed by atoms with E-state index in [9.17, 15) is 9.59 Å². The van der Waals surface area contributed by atoms with Crippen LogP contribution in [0, 0.1) is 11.8 Å². The van der Waals surface area contributed by atoms with Crippen LogP contribution in [-0.4, -0.2) is 37.0 Å². The molecule has 0 aromatic heterocycles. The van der Waals surface area contributed by atoms with E-state index in [1.165, 1.54) is 0 Å². The van der Waals surface area contributed by atoms with E-state index in [0.717, 1.165) is 24.0 Å². The third-order valence-electron chi connectivity index (χ3n) is 5.77. The lowest BCUT2D eigenvalue weighted by Gasteiger charge is -2.27. The first-order valence-corrected chi connectivity index (χ1v) is 11.9. The predicted molar refractivity (Wildman–Crippen MR) is 130 cm³/mol. The summed E-state index contributed by atoms with van der Waals surface area (Å²) in [7, 11) is 0. The highest BCUT2D eigenvalue weighted by atomic mass is 16.6. The number of alkyl carbamates (subject to hydrolysis) is 2. The summed E-state index contributed by atoms with van der Waals surface area (Å²) < 4.78 is 16.8. The molecule has 1 aliphatic rings. The molecular weight excluding hydrogens is 432 g/mol. The highest BCUT2D eigenvalue weighted by molar-refractivity contribution is 5.68. The van der Waals surface area contributed by atoms with Crippen molar-refractivity contribution in [1.82, 2.24) is 10.6 Å². The normalized spacial score (nSPS) is 19.9. The number of carbonyl (C=O) groups excluding carboxylic acids is 2. The van der Waals surface area contributed by atoms with Crippen molar-refractivity contribution >= 4 is 12.2 Å². The third kappa shape index (κ3) is 8.71. The van der Waals surface area contributed by atoms with Gasteiger partial charge in [-0.15, -0.1) is 0 Å². The molecule has 2 N–H and O–H groups in total. The fourth-order valence-electron chi connectivity index (χ4n) is 4.16. The number of ether oxygens (including phenoxy) is 3. The highest BCUT2D eigenvalue weighted by Gasteiger charge is 2.38. The summed E-state index contributed by atoms with van der Waals surface area (Å²) >= 11 is 0. The summed E-state index contributed by atoms with van der Waals surface area (Å²) in [5.74, 6) is 0.181. The number of hydrogen-bond acceptors (Lipinski definition) is 5. The van der Waals surface area contributed by atoms with Crippen molar-refractivity contribution in [1.29, 1.82) is 0 Å². The second-order valence-electron chi connectivity index (χ2n) is 9.71. The summed E-state index contributed by atoms with van der Waals surface area (Å²) in [6.45, 7) is 7.13. The maximum atomic E-state index is 12.6. The fraction of sp³-hybridized carbons (Fsp3) is 0.481. The molecule has 3 rings (SSSR count). The minimum Gasteiger partial charge on any atom is -0.445 e. The van der Waals surface area contributed by atoms with Crippen molar-refractivity contribution in [2.75, 3.05) is 13.2 Å². The van der Waals surface area contributed by atoms with Crippen molar-refractivity contribution in [3.05, 3.63) is 71.8 Å². The lowest BCUT2D eigenvalue weighted by atomic mass is 9.98. The Morgan fingerprint density at radius 2 is 1.44 bits per heavy atom. The molecule has 3 atom stereocenters. The number of hydrogen-bond donors (Lipinski definition) is 2. The Kier molecular flexibility index (Phi) is 9.33. The number of nitrogens with one attached hydrogen (secondary N) is 2. The van der Waals surface area contributed by atoms with Crippen molar-refractivity contribution in [2.24, 2.45) is 11.8 Å². The molecular formula is C27H36N2O5. The Hall–Kier alpha value is -3.06. The summed E-state index contributed by atoms with van der Waals surface area (Å²) in [6.07, 6.45) is 0.825. The van der Waals surface area contributed by atoms with E-state index in [-0.39, 0.29) is 24.5 Å². The zero-order valence-corrected chi connectivity index (χ0v) is 20.3. The van der Waals surface area contributed by atoms with Crippen LogP contribution >= 0.6 is 0 Å². The monoisotopic (exact) mass is 468 g/mol. The standard InChI is InChI=1S/C27H36N2O5/c1-27(2,3)34-25(30)28-16-22-14-15-23(19-32-17-20-10-6-4-7-11-20)24(22)29-26(31)33-18-21-12-8-5-9-13-21/h4-13,22-24H,14-19H2,1-3H3,(H,28,30)(H,29,31)/t22-,23+,24?/m1/s1. The van der Waals surface area contributed by atoms with Crippen LogP contribution in [-0.2, 0) is 27.4 Å². The molecule has 0 radical (unpaired) electrons. The van der Waals surface area contributed by atoms with Gasteiger partial charge in [0.2, 0.25) is 0 Å². The van der Waals surface area contributed by atoms with Gasteiger partial charge in [0.1, 0.15) is 12.2 Å². The van der Waals surface area contributed by atoms with Crippen LogP contribution in [0.2, 0.25) is 0 Å². The second kappa shape index (κ2) is 12.4. The zero-order chi connectivity index (χ0) is 24.4. The summed E-state index contributed by atoms with van der Waals surface area (Å²) in [6, 6.07) is 19.4. The summed E-state index contributed by atoms with van der Waals surface area (Å²) in [5, 5.41) is 5.89. The van der Waals surface area contributed by atoms with Gasteiger partial charge in [-0.25, -0.2) is 9.59 Å².